The first kappa shape index (κ1) is 16.4. The molecule has 25 heavy (non-hydrogen) atoms. The number of amides is 1. The van der Waals surface area contributed by atoms with Crippen molar-refractivity contribution in [3.63, 3.8) is 0 Å². The number of para-hydroxylation sites is 1. The zero-order valence-corrected chi connectivity index (χ0v) is 15.6. The number of aryl methyl sites for hydroxylation is 1. The quantitative estimate of drug-likeness (QED) is 0.754. The van der Waals surface area contributed by atoms with Gasteiger partial charge in [0.2, 0.25) is 0 Å². The zero-order valence-electron chi connectivity index (χ0n) is 14.0. The van der Waals surface area contributed by atoms with Crippen LogP contribution in [-0.4, -0.2) is 42.2 Å². The number of rotatable bonds is 2. The Morgan fingerprint density at radius 2 is 1.80 bits per heavy atom. The molecule has 128 valence electrons. The molecule has 4 nitrogen and oxygen atoms in total. The van der Waals surface area contributed by atoms with E-state index < -0.39 is 0 Å². The largest absolute Gasteiger partial charge is 0.368 e. The summed E-state index contributed by atoms with van der Waals surface area (Å²) < 4.78 is 0. The normalized spacial score (nSPS) is 19.6. The average Bonchev–Trinajstić information content (AvgIpc) is 3.26. The molecule has 1 saturated heterocycles. The number of hydrogen-bond donors (Lipinski definition) is 0. The number of carbonyl (C=O) groups is 1. The minimum Gasteiger partial charge on any atom is -0.368 e. The molecular weight excluding hydrogens is 350 g/mol. The predicted octanol–water partition coefficient (Wildman–Crippen LogP) is 3.85. The highest BCUT2D eigenvalue weighted by Crippen LogP contribution is 2.32. The summed E-state index contributed by atoms with van der Waals surface area (Å²) in [6, 6.07) is 12.5. The Bertz CT molecular complexity index is 834. The molecule has 0 radical (unpaired) electrons. The number of thioether (sulfide) groups is 1. The number of nitrogens with zero attached hydrogens (tertiary/aromatic N) is 3. The summed E-state index contributed by atoms with van der Waals surface area (Å²) in [6.45, 7) is 5.82. The average molecular weight is 370 g/mol. The van der Waals surface area contributed by atoms with E-state index in [0.29, 0.717) is 0 Å². The van der Waals surface area contributed by atoms with Crippen molar-refractivity contribution in [1.82, 2.24) is 4.90 Å². The van der Waals surface area contributed by atoms with Crippen LogP contribution in [0.3, 0.4) is 0 Å². The van der Waals surface area contributed by atoms with Crippen molar-refractivity contribution in [2.45, 2.75) is 6.92 Å². The van der Waals surface area contributed by atoms with Crippen LogP contribution >= 0.6 is 23.1 Å². The van der Waals surface area contributed by atoms with Gasteiger partial charge in [-0.25, -0.2) is 0 Å². The van der Waals surface area contributed by atoms with Crippen LogP contribution in [-0.2, 0) is 4.79 Å². The van der Waals surface area contributed by atoms with Gasteiger partial charge in [-0.3, -0.25) is 4.79 Å². The van der Waals surface area contributed by atoms with Crippen LogP contribution < -0.4 is 4.90 Å². The molecule has 6 heteroatoms. The third kappa shape index (κ3) is 3.50. The van der Waals surface area contributed by atoms with Crippen LogP contribution in [0.25, 0.3) is 6.08 Å². The summed E-state index contributed by atoms with van der Waals surface area (Å²) in [5.74, 6) is -0.116. The molecule has 2 aliphatic rings. The van der Waals surface area contributed by atoms with Crippen molar-refractivity contribution in [1.29, 1.82) is 0 Å². The van der Waals surface area contributed by atoms with Gasteiger partial charge in [-0.15, -0.1) is 11.3 Å². The molecular formula is C19H19N3OS2. The standard InChI is InChI=1S/C19H19N3OS2/c1-14-5-2-3-7-16(14)21-8-10-22(11-9-21)19-20-18(23)17(25-19)13-15-6-4-12-24-15/h2-7,12-13H,8-11H2,1H3/b17-13+. The maximum atomic E-state index is 12.2. The third-order valence-corrected chi connectivity index (χ3v) is 6.30. The minimum absolute atomic E-state index is 0.116. The van der Waals surface area contributed by atoms with Crippen molar-refractivity contribution in [3.05, 3.63) is 57.1 Å². The molecule has 1 amide bonds. The SMILES string of the molecule is Cc1ccccc1N1CCN(C2=NC(=O)/C(=C\c3cccs3)S2)CC1. The number of benzene rings is 1. The highest BCUT2D eigenvalue weighted by atomic mass is 32.2. The third-order valence-electron chi connectivity index (χ3n) is 4.43. The lowest BCUT2D eigenvalue weighted by Gasteiger charge is -2.37. The molecule has 2 aliphatic heterocycles. The molecule has 0 aliphatic carbocycles. The summed E-state index contributed by atoms with van der Waals surface area (Å²) in [6.07, 6.45) is 1.94. The van der Waals surface area contributed by atoms with E-state index in [1.807, 2.05) is 23.6 Å². The Hall–Kier alpha value is -2.05. The first-order valence-electron chi connectivity index (χ1n) is 8.32. The fraction of sp³-hybridized carbons (Fsp3) is 0.263. The maximum absolute atomic E-state index is 12.2. The van der Waals surface area contributed by atoms with Crippen molar-refractivity contribution in [2.75, 3.05) is 31.1 Å². The van der Waals surface area contributed by atoms with E-state index in [1.54, 1.807) is 11.3 Å². The molecule has 0 saturated carbocycles. The van der Waals surface area contributed by atoms with Gasteiger partial charge >= 0.3 is 0 Å². The number of carbonyl (C=O) groups excluding carboxylic acids is 1. The van der Waals surface area contributed by atoms with Crippen LogP contribution in [0, 0.1) is 6.92 Å². The van der Waals surface area contributed by atoms with Gasteiger partial charge in [0, 0.05) is 36.7 Å². The smallest absolute Gasteiger partial charge is 0.286 e. The molecule has 0 N–H and O–H groups in total. The summed E-state index contributed by atoms with van der Waals surface area (Å²) in [5.41, 5.74) is 2.61. The fourth-order valence-corrected chi connectivity index (χ4v) is 4.78. The molecule has 1 aromatic heterocycles. The first-order valence-corrected chi connectivity index (χ1v) is 10.0. The van der Waals surface area contributed by atoms with E-state index in [4.69, 9.17) is 0 Å². The summed E-state index contributed by atoms with van der Waals surface area (Å²) in [7, 11) is 0. The Morgan fingerprint density at radius 1 is 1.04 bits per heavy atom. The molecule has 2 aromatic rings. The molecule has 3 heterocycles. The van der Waals surface area contributed by atoms with Crippen LogP contribution in [0.1, 0.15) is 10.4 Å². The van der Waals surface area contributed by atoms with Gasteiger partial charge in [0.05, 0.1) is 4.91 Å². The van der Waals surface area contributed by atoms with Crippen LogP contribution in [0.2, 0.25) is 0 Å². The Labute approximate surface area is 155 Å². The lowest BCUT2D eigenvalue weighted by Crippen LogP contribution is -2.48. The van der Waals surface area contributed by atoms with Crippen LogP contribution in [0.15, 0.2) is 51.7 Å². The number of hydrogen-bond acceptors (Lipinski definition) is 5. The lowest BCUT2D eigenvalue weighted by molar-refractivity contribution is -0.113. The molecule has 1 fully saturated rings. The summed E-state index contributed by atoms with van der Waals surface area (Å²) in [5, 5.41) is 2.86. The topological polar surface area (TPSA) is 35.9 Å². The summed E-state index contributed by atoms with van der Waals surface area (Å²) in [4.78, 5) is 22.9. The first-order chi connectivity index (χ1) is 12.2. The van der Waals surface area contributed by atoms with E-state index in [2.05, 4.69) is 46.0 Å². The molecule has 0 spiro atoms. The van der Waals surface area contributed by atoms with Gasteiger partial charge in [0.25, 0.3) is 5.91 Å². The molecule has 0 bridgehead atoms. The molecule has 4 rings (SSSR count). The van der Waals surface area contributed by atoms with Crippen LogP contribution in [0.5, 0.6) is 0 Å². The van der Waals surface area contributed by atoms with Crippen molar-refractivity contribution in [2.24, 2.45) is 4.99 Å². The summed E-state index contributed by atoms with van der Waals surface area (Å²) >= 11 is 3.13. The number of amidine groups is 1. The van der Waals surface area contributed by atoms with Gasteiger partial charge in [0.1, 0.15) is 0 Å². The van der Waals surface area contributed by atoms with E-state index in [9.17, 15) is 4.79 Å². The fourth-order valence-electron chi connectivity index (χ4n) is 3.09. The van der Waals surface area contributed by atoms with Crippen molar-refractivity contribution < 1.29 is 4.79 Å². The molecule has 0 atom stereocenters. The molecule has 0 unspecified atom stereocenters. The minimum atomic E-state index is -0.116. The van der Waals surface area contributed by atoms with Gasteiger partial charge in [-0.1, -0.05) is 24.3 Å². The van der Waals surface area contributed by atoms with E-state index in [1.165, 1.54) is 23.0 Å². The number of thiophene rings is 1. The predicted molar refractivity (Wildman–Crippen MR) is 107 cm³/mol. The highest BCUT2D eigenvalue weighted by molar-refractivity contribution is 8.18. The van der Waals surface area contributed by atoms with E-state index >= 15 is 0 Å². The second kappa shape index (κ2) is 7.06. The van der Waals surface area contributed by atoms with Gasteiger partial charge in [-0.2, -0.15) is 4.99 Å². The maximum Gasteiger partial charge on any atom is 0.286 e. The lowest BCUT2D eigenvalue weighted by atomic mass is 10.1. The van der Waals surface area contributed by atoms with Gasteiger partial charge in [0.15, 0.2) is 5.17 Å². The van der Waals surface area contributed by atoms with E-state index in [0.717, 1.165) is 41.1 Å². The number of anilines is 1. The van der Waals surface area contributed by atoms with Gasteiger partial charge in [-0.05, 0) is 47.8 Å². The van der Waals surface area contributed by atoms with E-state index in [-0.39, 0.29) is 5.91 Å². The second-order valence-corrected chi connectivity index (χ2v) is 8.07. The van der Waals surface area contributed by atoms with Crippen molar-refractivity contribution in [3.8, 4) is 0 Å². The monoisotopic (exact) mass is 369 g/mol. The van der Waals surface area contributed by atoms with Crippen LogP contribution in [0.4, 0.5) is 5.69 Å². The number of aliphatic imine (C=N–C) groups is 1. The van der Waals surface area contributed by atoms with Crippen molar-refractivity contribution >= 4 is 45.9 Å². The Balaban J connectivity index is 1.41. The highest BCUT2D eigenvalue weighted by Gasteiger charge is 2.28. The Morgan fingerprint density at radius 3 is 2.52 bits per heavy atom. The van der Waals surface area contributed by atoms with Gasteiger partial charge < -0.3 is 9.80 Å². The number of piperazine rings is 1. The second-order valence-electron chi connectivity index (χ2n) is 6.09. The Kier molecular flexibility index (Phi) is 4.63. The molecule has 1 aromatic carbocycles. The zero-order chi connectivity index (χ0) is 17.2.